The maximum absolute atomic E-state index is 13.2. The van der Waals surface area contributed by atoms with Crippen LogP contribution in [0, 0.1) is 11.6 Å². The number of tetrazole rings is 1. The van der Waals surface area contributed by atoms with E-state index in [1.807, 2.05) is 20.8 Å². The molecule has 0 atom stereocenters. The molecule has 1 amide bonds. The minimum absolute atomic E-state index is 0.124. The average molecular weight is 309 g/mol. The largest absolute Gasteiger partial charge is 0.314 e. The molecule has 1 aromatic carbocycles. The van der Waals surface area contributed by atoms with Gasteiger partial charge in [-0.2, -0.15) is 4.80 Å². The molecule has 0 unspecified atom stereocenters. The molecule has 1 aromatic heterocycles. The SMILES string of the molecule is CN(C(=O)Cn1nnc(C(C)(C)C)n1)c1cc(F)cc(F)c1. The first-order valence-corrected chi connectivity index (χ1v) is 6.68. The minimum atomic E-state index is -0.747. The van der Waals surface area contributed by atoms with Gasteiger partial charge in [0.1, 0.15) is 18.2 Å². The number of nitrogens with zero attached hydrogens (tertiary/aromatic N) is 5. The maximum Gasteiger partial charge on any atom is 0.250 e. The first-order chi connectivity index (χ1) is 10.2. The van der Waals surface area contributed by atoms with Crippen LogP contribution < -0.4 is 4.90 Å². The van der Waals surface area contributed by atoms with E-state index in [4.69, 9.17) is 0 Å². The van der Waals surface area contributed by atoms with E-state index in [-0.39, 0.29) is 17.6 Å². The molecule has 0 saturated heterocycles. The Balaban J connectivity index is 2.13. The molecule has 2 rings (SSSR count). The van der Waals surface area contributed by atoms with Gasteiger partial charge in [0.15, 0.2) is 5.82 Å². The Kier molecular flexibility index (Phi) is 4.20. The summed E-state index contributed by atoms with van der Waals surface area (Å²) in [6.45, 7) is 5.62. The molecule has 0 bridgehead atoms. The van der Waals surface area contributed by atoms with Gasteiger partial charge < -0.3 is 4.90 Å². The zero-order valence-electron chi connectivity index (χ0n) is 12.8. The Labute approximate surface area is 126 Å². The van der Waals surface area contributed by atoms with Crippen LogP contribution in [0.25, 0.3) is 0 Å². The Hall–Kier alpha value is -2.38. The standard InChI is InChI=1S/C14H17F2N5O/c1-14(2,3)13-17-19-21(18-13)8-12(22)20(4)11-6-9(15)5-10(16)7-11/h5-7H,8H2,1-4H3. The van der Waals surface area contributed by atoms with E-state index >= 15 is 0 Å². The number of carbonyl (C=O) groups is 1. The number of rotatable bonds is 3. The summed E-state index contributed by atoms with van der Waals surface area (Å²) in [5, 5.41) is 11.8. The lowest BCUT2D eigenvalue weighted by molar-refractivity contribution is -0.119. The predicted octanol–water partition coefficient (Wildman–Crippen LogP) is 1.91. The quantitative estimate of drug-likeness (QED) is 0.869. The van der Waals surface area contributed by atoms with E-state index in [1.165, 1.54) is 7.05 Å². The van der Waals surface area contributed by atoms with Crippen molar-refractivity contribution in [3.63, 3.8) is 0 Å². The van der Waals surface area contributed by atoms with E-state index < -0.39 is 17.5 Å². The number of hydrogen-bond acceptors (Lipinski definition) is 4. The van der Waals surface area contributed by atoms with Crippen LogP contribution in [-0.2, 0) is 16.8 Å². The van der Waals surface area contributed by atoms with Crippen molar-refractivity contribution in [3.8, 4) is 0 Å². The molecule has 22 heavy (non-hydrogen) atoms. The van der Waals surface area contributed by atoms with Crippen molar-refractivity contribution in [3.05, 3.63) is 35.7 Å². The highest BCUT2D eigenvalue weighted by molar-refractivity contribution is 5.92. The zero-order chi connectivity index (χ0) is 16.5. The lowest BCUT2D eigenvalue weighted by atomic mass is 9.96. The lowest BCUT2D eigenvalue weighted by Gasteiger charge is -2.17. The van der Waals surface area contributed by atoms with Crippen LogP contribution in [0.15, 0.2) is 18.2 Å². The molecule has 0 fully saturated rings. The molecule has 0 spiro atoms. The summed E-state index contributed by atoms with van der Waals surface area (Å²) in [4.78, 5) is 14.5. The molecule has 8 heteroatoms. The first-order valence-electron chi connectivity index (χ1n) is 6.68. The van der Waals surface area contributed by atoms with Gasteiger partial charge in [-0.25, -0.2) is 8.78 Å². The topological polar surface area (TPSA) is 63.9 Å². The molecular weight excluding hydrogens is 292 g/mol. The molecule has 0 aliphatic rings. The smallest absolute Gasteiger partial charge is 0.250 e. The molecule has 0 radical (unpaired) electrons. The van der Waals surface area contributed by atoms with Crippen molar-refractivity contribution >= 4 is 11.6 Å². The van der Waals surface area contributed by atoms with E-state index in [9.17, 15) is 13.6 Å². The second kappa shape index (κ2) is 5.78. The van der Waals surface area contributed by atoms with Gasteiger partial charge in [0.05, 0.1) is 0 Å². The number of benzene rings is 1. The molecule has 2 aromatic rings. The summed E-state index contributed by atoms with van der Waals surface area (Å²) in [7, 11) is 1.43. The normalized spacial score (nSPS) is 11.5. The molecule has 1 heterocycles. The van der Waals surface area contributed by atoms with Gasteiger partial charge in [0.25, 0.3) is 0 Å². The number of halogens is 2. The summed E-state index contributed by atoms with van der Waals surface area (Å²) in [6.07, 6.45) is 0. The third-order valence-electron chi connectivity index (χ3n) is 3.01. The van der Waals surface area contributed by atoms with Crippen molar-refractivity contribution in [2.24, 2.45) is 0 Å². The van der Waals surface area contributed by atoms with Crippen LogP contribution in [-0.4, -0.2) is 33.2 Å². The van der Waals surface area contributed by atoms with Crippen LogP contribution in [0.1, 0.15) is 26.6 Å². The Morgan fingerprint density at radius 3 is 2.32 bits per heavy atom. The molecule has 0 aliphatic heterocycles. The van der Waals surface area contributed by atoms with Crippen LogP contribution in [0.4, 0.5) is 14.5 Å². The van der Waals surface area contributed by atoms with Gasteiger partial charge in [0, 0.05) is 24.2 Å². The van der Waals surface area contributed by atoms with Crippen LogP contribution in [0.3, 0.4) is 0 Å². The highest BCUT2D eigenvalue weighted by atomic mass is 19.1. The summed E-state index contributed by atoms with van der Waals surface area (Å²) >= 11 is 0. The zero-order valence-corrected chi connectivity index (χ0v) is 12.8. The molecule has 0 aliphatic carbocycles. The van der Waals surface area contributed by atoms with Gasteiger partial charge in [-0.05, 0) is 17.3 Å². The number of aromatic nitrogens is 4. The Morgan fingerprint density at radius 2 is 1.82 bits per heavy atom. The van der Waals surface area contributed by atoms with Crippen molar-refractivity contribution in [1.82, 2.24) is 20.2 Å². The second-order valence-electron chi connectivity index (χ2n) is 5.97. The van der Waals surface area contributed by atoms with E-state index in [0.29, 0.717) is 5.82 Å². The van der Waals surface area contributed by atoms with Crippen LogP contribution >= 0.6 is 0 Å². The minimum Gasteiger partial charge on any atom is -0.314 e. The monoisotopic (exact) mass is 309 g/mol. The van der Waals surface area contributed by atoms with Gasteiger partial charge in [-0.15, -0.1) is 10.2 Å². The van der Waals surface area contributed by atoms with Crippen molar-refractivity contribution in [2.45, 2.75) is 32.7 Å². The third-order valence-corrected chi connectivity index (χ3v) is 3.01. The summed E-state index contributed by atoms with van der Waals surface area (Å²) < 4.78 is 26.4. The summed E-state index contributed by atoms with van der Waals surface area (Å²) in [6, 6.07) is 2.91. The van der Waals surface area contributed by atoms with Gasteiger partial charge >= 0.3 is 0 Å². The third kappa shape index (κ3) is 3.63. The van der Waals surface area contributed by atoms with E-state index in [2.05, 4.69) is 15.4 Å². The first kappa shape index (κ1) is 16.0. The fraction of sp³-hybridized carbons (Fsp3) is 0.429. The van der Waals surface area contributed by atoms with Crippen LogP contribution in [0.2, 0.25) is 0 Å². The summed E-state index contributed by atoms with van der Waals surface area (Å²) in [5.41, 5.74) is -0.155. The highest BCUT2D eigenvalue weighted by Gasteiger charge is 2.21. The van der Waals surface area contributed by atoms with Crippen molar-refractivity contribution in [2.75, 3.05) is 11.9 Å². The Morgan fingerprint density at radius 1 is 1.23 bits per heavy atom. The highest BCUT2D eigenvalue weighted by Crippen LogP contribution is 2.18. The predicted molar refractivity (Wildman–Crippen MR) is 76.3 cm³/mol. The molecule has 0 saturated carbocycles. The van der Waals surface area contributed by atoms with Crippen molar-refractivity contribution in [1.29, 1.82) is 0 Å². The van der Waals surface area contributed by atoms with E-state index in [0.717, 1.165) is 27.9 Å². The lowest BCUT2D eigenvalue weighted by Crippen LogP contribution is -2.31. The Bertz CT molecular complexity index is 673. The van der Waals surface area contributed by atoms with Crippen molar-refractivity contribution < 1.29 is 13.6 Å². The fourth-order valence-corrected chi connectivity index (χ4v) is 1.71. The number of hydrogen-bond donors (Lipinski definition) is 0. The number of amides is 1. The number of anilines is 1. The molecule has 0 N–H and O–H groups in total. The van der Waals surface area contributed by atoms with Crippen LogP contribution in [0.5, 0.6) is 0 Å². The van der Waals surface area contributed by atoms with E-state index in [1.54, 1.807) is 0 Å². The number of carbonyl (C=O) groups excluding carboxylic acids is 1. The molecule has 6 nitrogen and oxygen atoms in total. The number of likely N-dealkylation sites (N-methyl/N-ethyl adjacent to an activating group) is 1. The second-order valence-corrected chi connectivity index (χ2v) is 5.97. The van der Waals surface area contributed by atoms with Gasteiger partial charge in [-0.1, -0.05) is 20.8 Å². The van der Waals surface area contributed by atoms with Gasteiger partial charge in [-0.3, -0.25) is 4.79 Å². The summed E-state index contributed by atoms with van der Waals surface area (Å²) in [5.74, 6) is -1.39. The maximum atomic E-state index is 13.2. The fourth-order valence-electron chi connectivity index (χ4n) is 1.71. The average Bonchev–Trinajstić information content (AvgIpc) is 2.85. The molecular formula is C14H17F2N5O. The van der Waals surface area contributed by atoms with Gasteiger partial charge in [0.2, 0.25) is 5.91 Å². The molecule has 118 valence electrons.